The first-order chi connectivity index (χ1) is 18.0. The van der Waals surface area contributed by atoms with E-state index in [2.05, 4.69) is 5.32 Å². The van der Waals surface area contributed by atoms with Crippen LogP contribution in [0, 0.1) is 0 Å². The van der Waals surface area contributed by atoms with Crippen LogP contribution in [-0.2, 0) is 36.0 Å². The van der Waals surface area contributed by atoms with Gasteiger partial charge in [0.25, 0.3) is 5.91 Å². The number of anilines is 1. The van der Waals surface area contributed by atoms with E-state index in [-0.39, 0.29) is 18.9 Å². The molecule has 5 rings (SSSR count). The van der Waals surface area contributed by atoms with E-state index in [0.717, 1.165) is 5.56 Å². The van der Waals surface area contributed by atoms with Gasteiger partial charge in [-0.05, 0) is 18.6 Å². The van der Waals surface area contributed by atoms with Crippen LogP contribution < -0.4 is 10.2 Å². The number of nitrogens with one attached hydrogen (secondary N) is 1. The molecule has 0 aliphatic carbocycles. The molecule has 0 aromatic heterocycles. The molecule has 3 amide bonds. The number of ether oxygens (including phenoxy) is 3. The molecule has 13 heteroatoms. The molecular formula is C25H22Cl3N3O7. The zero-order valence-electron chi connectivity index (χ0n) is 19.9. The molecule has 2 aromatic rings. The maximum absolute atomic E-state index is 13.4. The molecular weight excluding hydrogens is 561 g/mol. The van der Waals surface area contributed by atoms with Gasteiger partial charge >= 0.3 is 18.2 Å². The quantitative estimate of drug-likeness (QED) is 0.329. The number of carbonyl (C=O) groups excluding carboxylic acids is 4. The van der Waals surface area contributed by atoms with Crippen LogP contribution in [0.25, 0.3) is 0 Å². The highest BCUT2D eigenvalue weighted by Gasteiger charge is 2.68. The third-order valence-corrected chi connectivity index (χ3v) is 7.03. The average Bonchev–Trinajstić information content (AvgIpc) is 3.45. The molecule has 1 spiro atoms. The van der Waals surface area contributed by atoms with Crippen molar-refractivity contribution in [2.75, 3.05) is 11.5 Å². The molecule has 2 aromatic carbocycles. The number of rotatable bonds is 4. The molecule has 3 heterocycles. The maximum Gasteiger partial charge on any atom is 0.412 e. The fourth-order valence-electron chi connectivity index (χ4n) is 5.14. The van der Waals surface area contributed by atoms with E-state index in [1.54, 1.807) is 31.2 Å². The second-order valence-electron chi connectivity index (χ2n) is 9.13. The number of benzene rings is 2. The summed E-state index contributed by atoms with van der Waals surface area (Å²) >= 11 is 16.9. The van der Waals surface area contributed by atoms with Gasteiger partial charge in [-0.3, -0.25) is 14.6 Å². The number of alkyl halides is 3. The molecule has 0 unspecified atom stereocenters. The average molecular weight is 583 g/mol. The SMILES string of the molecule is C[C@H]1C(=O)N2c3ccccc3[C@]3(C[C@@H](NC(=O)OCC(Cl)(Cl)Cl)C(=O)O3)[C@H]2N1C(=O)OCc1ccccc1. The van der Waals surface area contributed by atoms with Crippen LogP contribution in [0.2, 0.25) is 0 Å². The van der Waals surface area contributed by atoms with E-state index in [1.807, 2.05) is 30.3 Å². The zero-order valence-corrected chi connectivity index (χ0v) is 22.2. The molecule has 4 atom stereocenters. The fourth-order valence-corrected chi connectivity index (χ4v) is 5.30. The highest BCUT2D eigenvalue weighted by atomic mass is 35.6. The van der Waals surface area contributed by atoms with Gasteiger partial charge in [0.05, 0.1) is 5.69 Å². The molecule has 200 valence electrons. The lowest BCUT2D eigenvalue weighted by molar-refractivity contribution is -0.154. The number of alkyl carbamates (subject to hydrolysis) is 1. The van der Waals surface area contributed by atoms with Crippen molar-refractivity contribution in [3.8, 4) is 0 Å². The summed E-state index contributed by atoms with van der Waals surface area (Å²) in [5, 5.41) is 2.43. The Morgan fingerprint density at radius 3 is 2.47 bits per heavy atom. The van der Waals surface area contributed by atoms with Crippen molar-refractivity contribution in [3.63, 3.8) is 0 Å². The molecule has 3 aliphatic heterocycles. The highest BCUT2D eigenvalue weighted by molar-refractivity contribution is 6.67. The van der Waals surface area contributed by atoms with Crippen molar-refractivity contribution < 1.29 is 33.4 Å². The molecule has 1 N–H and O–H groups in total. The van der Waals surface area contributed by atoms with Gasteiger partial charge in [-0.15, -0.1) is 0 Å². The lowest BCUT2D eigenvalue weighted by Gasteiger charge is -2.35. The first-order valence-electron chi connectivity index (χ1n) is 11.7. The second-order valence-corrected chi connectivity index (χ2v) is 11.6. The minimum Gasteiger partial charge on any atom is -0.448 e. The second kappa shape index (κ2) is 9.83. The lowest BCUT2D eigenvalue weighted by atomic mass is 9.88. The molecule has 2 fully saturated rings. The van der Waals surface area contributed by atoms with E-state index in [1.165, 1.54) is 9.80 Å². The fraction of sp³-hybridized carbons (Fsp3) is 0.360. The summed E-state index contributed by atoms with van der Waals surface area (Å²) in [5.41, 5.74) is 0.330. The number of carbonyl (C=O) groups is 4. The summed E-state index contributed by atoms with van der Waals surface area (Å²) in [5.74, 6) is -1.12. The number of halogens is 3. The largest absolute Gasteiger partial charge is 0.448 e. The predicted octanol–water partition coefficient (Wildman–Crippen LogP) is 4.01. The minimum atomic E-state index is -1.83. The number of hydrogen-bond donors (Lipinski definition) is 1. The molecule has 3 aliphatic rings. The summed E-state index contributed by atoms with van der Waals surface area (Å²) in [6.45, 7) is 1.03. The van der Waals surface area contributed by atoms with Crippen molar-refractivity contribution in [2.45, 2.75) is 47.6 Å². The van der Waals surface area contributed by atoms with Crippen LogP contribution in [-0.4, -0.2) is 57.6 Å². The van der Waals surface area contributed by atoms with Crippen LogP contribution in [0.5, 0.6) is 0 Å². The molecule has 0 saturated carbocycles. The van der Waals surface area contributed by atoms with Gasteiger partial charge in [0.2, 0.25) is 3.79 Å². The highest BCUT2D eigenvalue weighted by Crippen LogP contribution is 2.55. The van der Waals surface area contributed by atoms with E-state index < -0.39 is 52.4 Å². The number of nitrogens with zero attached hydrogens (tertiary/aromatic N) is 2. The molecule has 0 bridgehead atoms. The van der Waals surface area contributed by atoms with Gasteiger partial charge in [-0.2, -0.15) is 0 Å². The van der Waals surface area contributed by atoms with E-state index in [9.17, 15) is 19.2 Å². The minimum absolute atomic E-state index is 0.0111. The molecule has 10 nitrogen and oxygen atoms in total. The van der Waals surface area contributed by atoms with Crippen molar-refractivity contribution >= 4 is 64.6 Å². The predicted molar refractivity (Wildman–Crippen MR) is 137 cm³/mol. The number of hydrogen-bond acceptors (Lipinski definition) is 7. The summed E-state index contributed by atoms with van der Waals surface area (Å²) in [6.07, 6.45) is -2.86. The van der Waals surface area contributed by atoms with Gasteiger partial charge in [0, 0.05) is 12.0 Å². The van der Waals surface area contributed by atoms with Crippen molar-refractivity contribution in [1.29, 1.82) is 0 Å². The Morgan fingerprint density at radius 1 is 1.08 bits per heavy atom. The van der Waals surface area contributed by atoms with E-state index >= 15 is 0 Å². The molecule has 38 heavy (non-hydrogen) atoms. The van der Waals surface area contributed by atoms with Gasteiger partial charge in [-0.1, -0.05) is 83.3 Å². The smallest absolute Gasteiger partial charge is 0.412 e. The number of amides is 3. The van der Waals surface area contributed by atoms with Crippen LogP contribution in [0.1, 0.15) is 24.5 Å². The van der Waals surface area contributed by atoms with E-state index in [4.69, 9.17) is 49.0 Å². The van der Waals surface area contributed by atoms with Crippen molar-refractivity contribution in [1.82, 2.24) is 10.2 Å². The Labute approximate surface area is 232 Å². The van der Waals surface area contributed by atoms with Crippen LogP contribution in [0.3, 0.4) is 0 Å². The summed E-state index contributed by atoms with van der Waals surface area (Å²) < 4.78 is 14.5. The lowest BCUT2D eigenvalue weighted by Crippen LogP contribution is -2.53. The molecule has 2 saturated heterocycles. The van der Waals surface area contributed by atoms with Crippen LogP contribution in [0.15, 0.2) is 54.6 Å². The summed E-state index contributed by atoms with van der Waals surface area (Å²) in [7, 11) is 0. The van der Waals surface area contributed by atoms with E-state index in [0.29, 0.717) is 11.3 Å². The Kier molecular flexibility index (Phi) is 6.83. The third-order valence-electron chi connectivity index (χ3n) is 6.71. The third kappa shape index (κ3) is 4.61. The van der Waals surface area contributed by atoms with Gasteiger partial charge < -0.3 is 19.5 Å². The van der Waals surface area contributed by atoms with Crippen molar-refractivity contribution in [3.05, 3.63) is 65.7 Å². The number of fused-ring (bicyclic) bond motifs is 5. The first kappa shape index (κ1) is 26.4. The van der Waals surface area contributed by atoms with Crippen molar-refractivity contribution in [2.24, 2.45) is 0 Å². The normalized spacial score (nSPS) is 25.7. The summed E-state index contributed by atoms with van der Waals surface area (Å²) in [6, 6.07) is 14.0. The maximum atomic E-state index is 13.4. The summed E-state index contributed by atoms with van der Waals surface area (Å²) in [4.78, 5) is 54.8. The standard InChI is InChI=1S/C25H22Cl3N3O7/c1-14-19(32)31-18-10-6-5-9-16(18)24(11-17(20(33)38-24)29-22(34)37-13-25(26,27)28)21(31)30(14)23(35)36-12-15-7-3-2-4-8-15/h2-10,14,17,21H,11-13H2,1H3,(H,29,34)/t14-,17+,21-,24+/m0/s1. The zero-order chi connectivity index (χ0) is 27.2. The Morgan fingerprint density at radius 2 is 1.76 bits per heavy atom. The van der Waals surface area contributed by atoms with Gasteiger partial charge in [0.1, 0.15) is 25.3 Å². The van der Waals surface area contributed by atoms with Crippen LogP contribution in [0.4, 0.5) is 15.3 Å². The Bertz CT molecular complexity index is 1290. The monoisotopic (exact) mass is 581 g/mol. The van der Waals surface area contributed by atoms with Gasteiger partial charge in [-0.25, -0.2) is 14.4 Å². The van der Waals surface area contributed by atoms with Gasteiger partial charge in [0.15, 0.2) is 11.8 Å². The number of para-hydroxylation sites is 1. The Hall–Kier alpha value is -3.21. The van der Waals surface area contributed by atoms with Crippen LogP contribution >= 0.6 is 34.8 Å². The first-order valence-corrected chi connectivity index (χ1v) is 12.8. The Balaban J connectivity index is 1.44. The number of esters is 1. The topological polar surface area (TPSA) is 114 Å². The molecule has 0 radical (unpaired) electrons.